The van der Waals surface area contributed by atoms with E-state index in [1.807, 2.05) is 30.3 Å². The molecule has 90 valence electrons. The van der Waals surface area contributed by atoms with Crippen LogP contribution in [0.15, 0.2) is 42.5 Å². The van der Waals surface area contributed by atoms with Crippen molar-refractivity contribution in [1.29, 1.82) is 0 Å². The smallest absolute Gasteiger partial charge is 0.413 e. The molecule has 4 nitrogen and oxygen atoms in total. The quantitative estimate of drug-likeness (QED) is 0.820. The molecule has 0 aliphatic rings. The lowest BCUT2D eigenvalue weighted by Crippen LogP contribution is -2.12. The van der Waals surface area contributed by atoms with Gasteiger partial charge in [-0.25, -0.2) is 9.65 Å². The lowest BCUT2D eigenvalue weighted by atomic mass is 10.1. The summed E-state index contributed by atoms with van der Waals surface area (Å²) in [5.74, 6) is 0.412. The molecule has 0 saturated carbocycles. The van der Waals surface area contributed by atoms with Crippen LogP contribution in [-0.2, 0) is 4.57 Å². The highest BCUT2D eigenvalue weighted by molar-refractivity contribution is 7.51. The maximum absolute atomic E-state index is 11.6. The molecule has 0 saturated heterocycles. The van der Waals surface area contributed by atoms with E-state index in [-0.39, 0.29) is 0 Å². The Labute approximate surface area is 99.8 Å². The van der Waals surface area contributed by atoms with Crippen molar-refractivity contribution in [2.45, 2.75) is 6.92 Å². The maximum atomic E-state index is 11.6. The summed E-state index contributed by atoms with van der Waals surface area (Å²) in [5.41, 5.74) is 0. The Bertz CT molecular complexity index is 565. The first-order valence-electron chi connectivity index (χ1n) is 5.37. The third-order valence-electron chi connectivity index (χ3n) is 2.33. The molecule has 2 N–H and O–H groups in total. The zero-order valence-corrected chi connectivity index (χ0v) is 10.4. The summed E-state index contributed by atoms with van der Waals surface area (Å²) in [6.45, 7) is 2.12. The zero-order chi connectivity index (χ0) is 12.3. The minimum atomic E-state index is -3.77. The van der Waals surface area contributed by atoms with Crippen molar-refractivity contribution in [2.24, 2.45) is 0 Å². The molecule has 0 aliphatic heterocycles. The van der Waals surface area contributed by atoms with Gasteiger partial charge in [0, 0.05) is 11.9 Å². The molecular weight excluding hydrogens is 237 g/mol. The standard InChI is InChI=1S/C12H14NO3P/c1-2-13-17(14,15)16-12-9-5-7-10-6-3-4-8-11(10)12/h3-9H,2H2,1H3,(H2,13,14,15). The molecule has 0 bridgehead atoms. The molecule has 0 aromatic heterocycles. The molecule has 2 rings (SSSR count). The minimum absolute atomic E-state index is 0.374. The maximum Gasteiger partial charge on any atom is 0.456 e. The largest absolute Gasteiger partial charge is 0.456 e. The van der Waals surface area contributed by atoms with Crippen LogP contribution in [0.5, 0.6) is 5.75 Å². The van der Waals surface area contributed by atoms with Crippen LogP contribution in [0.25, 0.3) is 10.8 Å². The van der Waals surface area contributed by atoms with E-state index >= 15 is 0 Å². The number of nitrogens with one attached hydrogen (secondary N) is 1. The van der Waals surface area contributed by atoms with E-state index in [1.54, 1.807) is 19.1 Å². The van der Waals surface area contributed by atoms with Crippen LogP contribution in [0, 0.1) is 0 Å². The van der Waals surface area contributed by atoms with Crippen LogP contribution in [0.3, 0.4) is 0 Å². The van der Waals surface area contributed by atoms with Gasteiger partial charge in [-0.15, -0.1) is 0 Å². The van der Waals surface area contributed by atoms with Crippen molar-refractivity contribution in [1.82, 2.24) is 5.09 Å². The second-order valence-electron chi connectivity index (χ2n) is 3.60. The van der Waals surface area contributed by atoms with Crippen molar-refractivity contribution in [3.63, 3.8) is 0 Å². The van der Waals surface area contributed by atoms with Gasteiger partial charge in [-0.2, -0.15) is 0 Å². The number of hydrogen-bond acceptors (Lipinski definition) is 2. The van der Waals surface area contributed by atoms with E-state index < -0.39 is 7.75 Å². The van der Waals surface area contributed by atoms with Crippen LogP contribution in [0.1, 0.15) is 6.92 Å². The summed E-state index contributed by atoms with van der Waals surface area (Å²) in [7, 11) is -3.77. The summed E-state index contributed by atoms with van der Waals surface area (Å²) in [5, 5.41) is 4.22. The molecule has 0 heterocycles. The van der Waals surface area contributed by atoms with Gasteiger partial charge >= 0.3 is 7.75 Å². The molecule has 0 fully saturated rings. The number of hydrogen-bond donors (Lipinski definition) is 2. The summed E-state index contributed by atoms with van der Waals surface area (Å²) in [4.78, 5) is 9.55. The van der Waals surface area contributed by atoms with Gasteiger partial charge in [-0.3, -0.25) is 0 Å². The number of fused-ring (bicyclic) bond motifs is 1. The summed E-state index contributed by atoms with van der Waals surface area (Å²) < 4.78 is 16.8. The number of rotatable bonds is 4. The van der Waals surface area contributed by atoms with Crippen molar-refractivity contribution in [2.75, 3.05) is 6.54 Å². The van der Waals surface area contributed by atoms with Gasteiger partial charge in [-0.05, 0) is 11.5 Å². The predicted octanol–water partition coefficient (Wildman–Crippen LogP) is 2.93. The first-order valence-corrected chi connectivity index (χ1v) is 6.95. The van der Waals surface area contributed by atoms with E-state index in [9.17, 15) is 9.46 Å². The van der Waals surface area contributed by atoms with Gasteiger partial charge in [0.2, 0.25) is 0 Å². The van der Waals surface area contributed by atoms with Gasteiger partial charge in [0.1, 0.15) is 5.75 Å². The Morgan fingerprint density at radius 2 is 1.94 bits per heavy atom. The highest BCUT2D eigenvalue weighted by Gasteiger charge is 2.20. The second kappa shape index (κ2) is 4.88. The molecule has 0 amide bonds. The van der Waals surface area contributed by atoms with Gasteiger partial charge in [0.15, 0.2) is 0 Å². The van der Waals surface area contributed by atoms with E-state index in [0.717, 1.165) is 10.8 Å². The van der Waals surface area contributed by atoms with Crippen molar-refractivity contribution >= 4 is 18.5 Å². The van der Waals surface area contributed by atoms with Gasteiger partial charge < -0.3 is 9.42 Å². The number of benzene rings is 2. The summed E-state index contributed by atoms with van der Waals surface area (Å²) in [6.07, 6.45) is 0. The summed E-state index contributed by atoms with van der Waals surface area (Å²) in [6, 6.07) is 13.0. The van der Waals surface area contributed by atoms with E-state index in [1.165, 1.54) is 0 Å². The molecule has 0 radical (unpaired) electrons. The topological polar surface area (TPSA) is 58.6 Å². The monoisotopic (exact) mass is 251 g/mol. The molecule has 1 atom stereocenters. The molecule has 2 aromatic rings. The fraction of sp³-hybridized carbons (Fsp3) is 0.167. The highest BCUT2D eigenvalue weighted by atomic mass is 31.2. The van der Waals surface area contributed by atoms with Crippen molar-refractivity contribution in [3.8, 4) is 5.75 Å². The van der Waals surface area contributed by atoms with Crippen LogP contribution < -0.4 is 9.61 Å². The van der Waals surface area contributed by atoms with Crippen LogP contribution >= 0.6 is 7.75 Å². The average molecular weight is 251 g/mol. The first kappa shape index (κ1) is 12.1. The van der Waals surface area contributed by atoms with Crippen LogP contribution in [0.4, 0.5) is 0 Å². The fourth-order valence-electron chi connectivity index (χ4n) is 1.64. The molecule has 5 heteroatoms. The Morgan fingerprint density at radius 3 is 2.71 bits per heavy atom. The minimum Gasteiger partial charge on any atom is -0.413 e. The molecule has 17 heavy (non-hydrogen) atoms. The van der Waals surface area contributed by atoms with E-state index in [0.29, 0.717) is 12.3 Å². The molecular formula is C12H14NO3P. The lowest BCUT2D eigenvalue weighted by Gasteiger charge is -2.14. The first-order chi connectivity index (χ1) is 8.12. The van der Waals surface area contributed by atoms with Gasteiger partial charge in [0.05, 0.1) is 0 Å². The lowest BCUT2D eigenvalue weighted by molar-refractivity contribution is 0.367. The Balaban J connectivity index is 2.39. The SMILES string of the molecule is CCNP(=O)(O)Oc1cccc2ccccc12. The fourth-order valence-corrected chi connectivity index (χ4v) is 2.53. The molecule has 0 spiro atoms. The van der Waals surface area contributed by atoms with Crippen molar-refractivity contribution in [3.05, 3.63) is 42.5 Å². The normalized spacial score (nSPS) is 14.5. The highest BCUT2D eigenvalue weighted by Crippen LogP contribution is 2.40. The van der Waals surface area contributed by atoms with E-state index in [2.05, 4.69) is 5.09 Å². The zero-order valence-electron chi connectivity index (χ0n) is 9.46. The van der Waals surface area contributed by atoms with Gasteiger partial charge in [0.25, 0.3) is 0 Å². The van der Waals surface area contributed by atoms with Crippen molar-refractivity contribution < 1.29 is 14.0 Å². The molecule has 2 aromatic carbocycles. The van der Waals surface area contributed by atoms with Crippen LogP contribution in [-0.4, -0.2) is 11.4 Å². The van der Waals surface area contributed by atoms with Gasteiger partial charge in [-0.1, -0.05) is 43.3 Å². The Kier molecular flexibility index (Phi) is 3.48. The second-order valence-corrected chi connectivity index (χ2v) is 5.14. The third-order valence-corrected chi connectivity index (χ3v) is 3.49. The third kappa shape index (κ3) is 2.86. The van der Waals surface area contributed by atoms with E-state index in [4.69, 9.17) is 4.52 Å². The Hall–Kier alpha value is -1.35. The summed E-state index contributed by atoms with van der Waals surface area (Å²) >= 11 is 0. The van der Waals surface area contributed by atoms with Crippen LogP contribution in [0.2, 0.25) is 0 Å². The molecule has 0 aliphatic carbocycles. The Morgan fingerprint density at radius 1 is 1.24 bits per heavy atom. The average Bonchev–Trinajstić information content (AvgIpc) is 2.29. The predicted molar refractivity (Wildman–Crippen MR) is 68.1 cm³/mol. The molecule has 1 unspecified atom stereocenters.